The fraction of sp³-hybridized carbons (Fsp3) is 0.800. The molecule has 0 spiro atoms. The molecule has 0 aliphatic carbocycles. The zero-order valence-electron chi connectivity index (χ0n) is 14.6. The van der Waals surface area contributed by atoms with Gasteiger partial charge in [0.05, 0.1) is 39.9 Å². The molecule has 0 aromatic rings. The number of hydrogen-bond donors (Lipinski definition) is 2. The minimum atomic E-state index is -4.40. The first-order valence-corrected chi connectivity index (χ1v) is 9.33. The number of carbonyl (C=O) groups excluding carboxylic acids is 1. The third kappa shape index (κ3) is 12.4. The quantitative estimate of drug-likeness (QED) is 0.184. The van der Waals surface area contributed by atoms with E-state index >= 15 is 0 Å². The number of phosphoric ester groups is 1. The number of ether oxygens (including phenoxy) is 1. The molecule has 2 atom stereocenters. The van der Waals surface area contributed by atoms with Crippen LogP contribution in [-0.4, -0.2) is 60.1 Å². The Balaban J connectivity index is 4.14. The van der Waals surface area contributed by atoms with Gasteiger partial charge in [-0.1, -0.05) is 6.58 Å². The number of hydrogen-bond acceptors (Lipinski definition) is 4. The summed E-state index contributed by atoms with van der Waals surface area (Å²) in [5.41, 5.74) is 0. The number of carbonyl (C=O) groups is 1. The van der Waals surface area contributed by atoms with E-state index in [0.717, 1.165) is 31.8 Å². The largest absolute Gasteiger partial charge is 0.469 e. The van der Waals surface area contributed by atoms with E-state index in [0.29, 0.717) is 10.9 Å². The van der Waals surface area contributed by atoms with Crippen molar-refractivity contribution in [2.45, 2.75) is 51.2 Å². The van der Waals surface area contributed by atoms with Crippen LogP contribution in [0.1, 0.15) is 39.0 Å². The van der Waals surface area contributed by atoms with E-state index in [1.807, 2.05) is 6.92 Å². The Morgan fingerprint density at radius 3 is 2.26 bits per heavy atom. The minimum Gasteiger partial charge on any atom is -0.460 e. The Morgan fingerprint density at radius 1 is 1.22 bits per heavy atom. The molecule has 0 aliphatic rings. The molecule has 0 rings (SSSR count). The van der Waals surface area contributed by atoms with E-state index in [2.05, 4.69) is 32.2 Å². The Hall–Kier alpha value is -0.720. The molecule has 0 aromatic carbocycles. The molecule has 0 aromatic heterocycles. The monoisotopic (exact) mass is 352 g/mol. The van der Waals surface area contributed by atoms with Crippen LogP contribution in [0.15, 0.2) is 12.7 Å². The summed E-state index contributed by atoms with van der Waals surface area (Å²) in [7, 11) is 1.76. The SMILES string of the molecule is C=CC(=O)OC(C)CCCCC(CCOP(=O)(O)O)[N+](C)(C)C. The van der Waals surface area contributed by atoms with Gasteiger partial charge >= 0.3 is 13.8 Å². The minimum absolute atomic E-state index is 0.0395. The lowest BCUT2D eigenvalue weighted by Gasteiger charge is -2.34. The molecule has 2 N–H and O–H groups in total. The molecule has 2 unspecified atom stereocenters. The predicted octanol–water partition coefficient (Wildman–Crippen LogP) is 2.24. The van der Waals surface area contributed by atoms with Gasteiger partial charge in [0.15, 0.2) is 0 Å². The van der Waals surface area contributed by atoms with Crippen molar-refractivity contribution in [1.82, 2.24) is 0 Å². The fourth-order valence-electron chi connectivity index (χ4n) is 2.34. The van der Waals surface area contributed by atoms with E-state index in [4.69, 9.17) is 14.5 Å². The van der Waals surface area contributed by atoms with E-state index in [9.17, 15) is 9.36 Å². The maximum absolute atomic E-state index is 11.1. The van der Waals surface area contributed by atoms with Crippen molar-refractivity contribution < 1.29 is 32.9 Å². The van der Waals surface area contributed by atoms with Crippen LogP contribution >= 0.6 is 7.82 Å². The number of quaternary nitrogens is 1. The van der Waals surface area contributed by atoms with Crippen LogP contribution in [0.2, 0.25) is 0 Å². The highest BCUT2D eigenvalue weighted by Crippen LogP contribution is 2.36. The first-order valence-electron chi connectivity index (χ1n) is 7.80. The van der Waals surface area contributed by atoms with Crippen molar-refractivity contribution in [1.29, 1.82) is 0 Å². The van der Waals surface area contributed by atoms with Crippen LogP contribution in [0, 0.1) is 0 Å². The molecular weight excluding hydrogens is 321 g/mol. The van der Waals surface area contributed by atoms with Crippen LogP contribution in [0.5, 0.6) is 0 Å². The zero-order valence-corrected chi connectivity index (χ0v) is 15.5. The average molecular weight is 352 g/mol. The van der Waals surface area contributed by atoms with Crippen LogP contribution in [-0.2, 0) is 18.6 Å². The fourth-order valence-corrected chi connectivity index (χ4v) is 2.69. The highest BCUT2D eigenvalue weighted by atomic mass is 31.2. The number of unbranched alkanes of at least 4 members (excludes halogenated alkanes) is 1. The molecule has 0 aliphatic heterocycles. The van der Waals surface area contributed by atoms with Crippen LogP contribution < -0.4 is 0 Å². The maximum Gasteiger partial charge on any atom is 0.469 e. The molecule has 7 nitrogen and oxygen atoms in total. The summed E-state index contributed by atoms with van der Waals surface area (Å²) >= 11 is 0. The smallest absolute Gasteiger partial charge is 0.460 e. The zero-order chi connectivity index (χ0) is 18.1. The molecule has 0 heterocycles. The highest BCUT2D eigenvalue weighted by Gasteiger charge is 2.25. The summed E-state index contributed by atoms with van der Waals surface area (Å²) < 4.78 is 21.1. The van der Waals surface area contributed by atoms with Gasteiger partial charge < -0.3 is 19.0 Å². The first-order chi connectivity index (χ1) is 10.5. The lowest BCUT2D eigenvalue weighted by atomic mass is 10.0. The second-order valence-electron chi connectivity index (χ2n) is 6.62. The van der Waals surface area contributed by atoms with Gasteiger partial charge in [0.25, 0.3) is 0 Å². The molecule has 0 bridgehead atoms. The molecule has 0 saturated carbocycles. The number of nitrogens with zero attached hydrogens (tertiary/aromatic N) is 1. The molecule has 0 amide bonds. The summed E-state index contributed by atoms with van der Waals surface area (Å²) in [6, 6.07) is 0.243. The maximum atomic E-state index is 11.1. The number of esters is 1. The number of phosphoric acid groups is 1. The topological polar surface area (TPSA) is 93.1 Å². The van der Waals surface area contributed by atoms with Crippen molar-refractivity contribution in [2.24, 2.45) is 0 Å². The van der Waals surface area contributed by atoms with Crippen molar-refractivity contribution in [2.75, 3.05) is 27.7 Å². The first kappa shape index (κ1) is 22.3. The Bertz CT molecular complexity index is 415. The molecule has 0 radical (unpaired) electrons. The van der Waals surface area contributed by atoms with Crippen molar-refractivity contribution in [3.8, 4) is 0 Å². The number of rotatable bonds is 12. The van der Waals surface area contributed by atoms with Gasteiger partial charge in [-0.2, -0.15) is 0 Å². The van der Waals surface area contributed by atoms with Gasteiger partial charge in [-0.3, -0.25) is 4.52 Å². The standard InChI is InChI=1S/C15H30NO6P/c1-6-15(17)22-13(2)9-7-8-10-14(16(3,4)5)11-12-21-23(18,19)20/h6,13-14H,1,7-12H2,2-5H3,(H-,18,19,20)/p+1. The van der Waals surface area contributed by atoms with Gasteiger partial charge in [-0.05, 0) is 32.6 Å². The third-order valence-corrected chi connectivity index (χ3v) is 4.21. The lowest BCUT2D eigenvalue weighted by Crippen LogP contribution is -2.45. The van der Waals surface area contributed by atoms with E-state index in [-0.39, 0.29) is 18.8 Å². The summed E-state index contributed by atoms with van der Waals surface area (Å²) in [6.07, 6.45) is 5.16. The average Bonchev–Trinajstić information content (AvgIpc) is 2.38. The van der Waals surface area contributed by atoms with Gasteiger partial charge in [0, 0.05) is 12.5 Å². The van der Waals surface area contributed by atoms with Crippen molar-refractivity contribution in [3.63, 3.8) is 0 Å². The molecule has 0 fully saturated rings. The molecule has 0 saturated heterocycles. The van der Waals surface area contributed by atoms with E-state index < -0.39 is 13.8 Å². The summed E-state index contributed by atoms with van der Waals surface area (Å²) in [6.45, 7) is 5.26. The van der Waals surface area contributed by atoms with Crippen LogP contribution in [0.3, 0.4) is 0 Å². The Kier molecular flexibility index (Phi) is 9.89. The molecule has 8 heteroatoms. The van der Waals surface area contributed by atoms with Gasteiger partial charge in [-0.15, -0.1) is 0 Å². The normalized spacial score (nSPS) is 15.0. The summed E-state index contributed by atoms with van der Waals surface area (Å²) in [4.78, 5) is 28.5. The third-order valence-electron chi connectivity index (χ3n) is 3.69. The second-order valence-corrected chi connectivity index (χ2v) is 7.86. The van der Waals surface area contributed by atoms with Gasteiger partial charge in [-0.25, -0.2) is 9.36 Å². The summed E-state index contributed by atoms with van der Waals surface area (Å²) in [5, 5.41) is 0. The van der Waals surface area contributed by atoms with Crippen LogP contribution in [0.25, 0.3) is 0 Å². The molecular formula is C15H31NO6P+. The second kappa shape index (κ2) is 10.2. The molecule has 23 heavy (non-hydrogen) atoms. The lowest BCUT2D eigenvalue weighted by molar-refractivity contribution is -0.896. The Morgan fingerprint density at radius 2 is 1.78 bits per heavy atom. The predicted molar refractivity (Wildman–Crippen MR) is 88.7 cm³/mol. The molecule has 136 valence electrons. The van der Waals surface area contributed by atoms with Crippen LogP contribution in [0.4, 0.5) is 0 Å². The van der Waals surface area contributed by atoms with Gasteiger partial charge in [0.1, 0.15) is 0 Å². The Labute approximate surface area is 139 Å². The van der Waals surface area contributed by atoms with E-state index in [1.165, 1.54) is 0 Å². The highest BCUT2D eigenvalue weighted by molar-refractivity contribution is 7.46. The van der Waals surface area contributed by atoms with Gasteiger partial charge in [0.2, 0.25) is 0 Å². The van der Waals surface area contributed by atoms with E-state index in [1.54, 1.807) is 0 Å². The van der Waals surface area contributed by atoms with Crippen molar-refractivity contribution in [3.05, 3.63) is 12.7 Å². The van der Waals surface area contributed by atoms with Crippen molar-refractivity contribution >= 4 is 13.8 Å². The summed E-state index contributed by atoms with van der Waals surface area (Å²) in [5.74, 6) is -0.406.